The lowest BCUT2D eigenvalue weighted by Gasteiger charge is -2.37. The molecular formula is C32H31N3O5. The van der Waals surface area contributed by atoms with Gasteiger partial charge in [-0.3, -0.25) is 0 Å². The number of H-pyrrole nitrogens is 1. The fourth-order valence-corrected chi connectivity index (χ4v) is 7.40. The van der Waals surface area contributed by atoms with Crippen LogP contribution in [0.25, 0.3) is 54.4 Å². The molecule has 204 valence electrons. The van der Waals surface area contributed by atoms with Crippen molar-refractivity contribution >= 4 is 60.4 Å². The molecule has 2 bridgehead atoms. The van der Waals surface area contributed by atoms with Gasteiger partial charge in [0.2, 0.25) is 5.60 Å². The molecule has 8 rings (SSSR count). The number of para-hydroxylation sites is 2. The Kier molecular flexibility index (Phi) is 4.78. The van der Waals surface area contributed by atoms with Gasteiger partial charge in [0.05, 0.1) is 34.1 Å². The van der Waals surface area contributed by atoms with E-state index in [9.17, 15) is 15.0 Å². The summed E-state index contributed by atoms with van der Waals surface area (Å²) in [7, 11) is 0. The zero-order valence-electron chi connectivity index (χ0n) is 22.5. The van der Waals surface area contributed by atoms with Crippen LogP contribution < -0.4 is 0 Å². The summed E-state index contributed by atoms with van der Waals surface area (Å²) in [5.41, 5.74) is 0.148. The Balaban J connectivity index is 1.49. The van der Waals surface area contributed by atoms with Crippen LogP contribution in [0.5, 0.6) is 5.88 Å². The van der Waals surface area contributed by atoms with E-state index in [1.54, 1.807) is 6.92 Å². The Morgan fingerprint density at radius 3 is 2.50 bits per heavy atom. The number of carbonyl (C=O) groups is 1. The maximum atomic E-state index is 13.8. The zero-order valence-corrected chi connectivity index (χ0v) is 22.5. The lowest BCUT2D eigenvalue weighted by atomic mass is 9.89. The normalized spacial score (nSPS) is 23.8. The van der Waals surface area contributed by atoms with Crippen molar-refractivity contribution in [2.24, 2.45) is 0 Å². The third-order valence-electron chi connectivity index (χ3n) is 9.27. The van der Waals surface area contributed by atoms with Crippen LogP contribution >= 0.6 is 0 Å². The number of hydrogen-bond acceptors (Lipinski definition) is 5. The van der Waals surface area contributed by atoms with Gasteiger partial charge in [-0.25, -0.2) is 4.79 Å². The molecule has 1 saturated heterocycles. The molecule has 3 N–H and O–H groups in total. The average Bonchev–Trinajstić information content (AvgIpc) is 3.65. The van der Waals surface area contributed by atoms with Crippen molar-refractivity contribution in [2.75, 3.05) is 6.61 Å². The number of benzene rings is 3. The van der Waals surface area contributed by atoms with E-state index >= 15 is 0 Å². The highest BCUT2D eigenvalue weighted by molar-refractivity contribution is 6.37. The third kappa shape index (κ3) is 2.70. The van der Waals surface area contributed by atoms with E-state index in [1.807, 2.05) is 59.3 Å². The number of esters is 1. The fraction of sp³-hybridized carbons (Fsp3) is 0.344. The number of nitrogens with one attached hydrogen (secondary N) is 1. The van der Waals surface area contributed by atoms with Gasteiger partial charge in [0.15, 0.2) is 11.6 Å². The fourth-order valence-electron chi connectivity index (χ4n) is 7.40. The summed E-state index contributed by atoms with van der Waals surface area (Å²) < 4.78 is 16.7. The highest BCUT2D eigenvalue weighted by Crippen LogP contribution is 2.58. The van der Waals surface area contributed by atoms with E-state index in [4.69, 9.17) is 9.47 Å². The lowest BCUT2D eigenvalue weighted by Crippen LogP contribution is -2.56. The first-order valence-corrected chi connectivity index (χ1v) is 14.2. The van der Waals surface area contributed by atoms with Crippen molar-refractivity contribution in [1.82, 2.24) is 14.1 Å². The first kappa shape index (κ1) is 23.8. The van der Waals surface area contributed by atoms with Gasteiger partial charge in [-0.1, -0.05) is 62.6 Å². The number of unbranched alkanes of at least 4 members (excludes halogenated alkanes) is 3. The molecule has 6 aromatic rings. The Labute approximate surface area is 229 Å². The van der Waals surface area contributed by atoms with Gasteiger partial charge in [-0.15, -0.1) is 0 Å². The molecule has 0 saturated carbocycles. The zero-order chi connectivity index (χ0) is 27.4. The lowest BCUT2D eigenvalue weighted by molar-refractivity contribution is -0.204. The van der Waals surface area contributed by atoms with Gasteiger partial charge in [0.1, 0.15) is 6.23 Å². The van der Waals surface area contributed by atoms with Crippen LogP contribution in [0.15, 0.2) is 54.7 Å². The number of aliphatic hydroxyl groups is 1. The second-order valence-electron chi connectivity index (χ2n) is 11.4. The van der Waals surface area contributed by atoms with Gasteiger partial charge < -0.3 is 33.8 Å². The molecule has 5 heterocycles. The first-order valence-electron chi connectivity index (χ1n) is 14.2. The van der Waals surface area contributed by atoms with Crippen LogP contribution in [-0.2, 0) is 20.0 Å². The Morgan fingerprint density at radius 2 is 1.73 bits per heavy atom. The summed E-state index contributed by atoms with van der Waals surface area (Å²) >= 11 is 0. The standard InChI is InChI=1S/C32H31N3O5/c1-3-4-5-10-15-39-30(37)32(38)16-23-34-21-13-8-6-11-18(21)25-26-20(17-33-29(26)36)24-19-12-7-9-14-22(19)35(28(24)27(25)34)31(32,2)40-23/h6-9,11-14,17,23,33,36,38H,3-5,10,15-16H2,1-2H3/t23?,31-,32-/m1/s1. The van der Waals surface area contributed by atoms with Crippen molar-refractivity contribution in [1.29, 1.82) is 0 Å². The van der Waals surface area contributed by atoms with Crippen molar-refractivity contribution in [2.45, 2.75) is 63.5 Å². The monoisotopic (exact) mass is 537 g/mol. The smallest absolute Gasteiger partial charge is 0.343 e. The molecule has 0 spiro atoms. The number of aromatic nitrogens is 3. The van der Waals surface area contributed by atoms with E-state index in [2.05, 4.69) is 16.5 Å². The second-order valence-corrected chi connectivity index (χ2v) is 11.4. The minimum atomic E-state index is -1.93. The van der Waals surface area contributed by atoms with Crippen LogP contribution in [0.3, 0.4) is 0 Å². The topological polar surface area (TPSA) is 102 Å². The maximum absolute atomic E-state index is 13.8. The van der Waals surface area contributed by atoms with Crippen LogP contribution in [0.4, 0.5) is 0 Å². The molecule has 0 aliphatic carbocycles. The summed E-state index contributed by atoms with van der Waals surface area (Å²) in [5, 5.41) is 28.9. The molecule has 1 fully saturated rings. The molecular weight excluding hydrogens is 506 g/mol. The van der Waals surface area contributed by atoms with Crippen LogP contribution in [0.1, 0.15) is 52.2 Å². The number of carbonyl (C=O) groups excluding carboxylic acids is 1. The summed E-state index contributed by atoms with van der Waals surface area (Å²) in [4.78, 5) is 16.8. The number of hydrogen-bond donors (Lipinski definition) is 3. The Hall–Kier alpha value is -4.01. The first-order chi connectivity index (χ1) is 19.4. The number of fused-ring (bicyclic) bond motifs is 13. The molecule has 2 aliphatic rings. The quantitative estimate of drug-likeness (QED) is 0.165. The molecule has 3 atom stereocenters. The highest BCUT2D eigenvalue weighted by atomic mass is 16.6. The SMILES string of the molecule is CCCCCCOC(=O)[C@]1(O)CC2O[C@@]1(C)n1c3ccccc3c3c4c[nH]c(O)c4c4c5ccccc5n2c4c31. The van der Waals surface area contributed by atoms with Gasteiger partial charge in [0, 0.05) is 39.5 Å². The van der Waals surface area contributed by atoms with Gasteiger partial charge in [-0.05, 0) is 25.5 Å². The van der Waals surface area contributed by atoms with Crippen LogP contribution in [0, 0.1) is 0 Å². The van der Waals surface area contributed by atoms with Crippen molar-refractivity contribution in [3.8, 4) is 5.88 Å². The molecule has 40 heavy (non-hydrogen) atoms. The van der Waals surface area contributed by atoms with E-state index < -0.39 is 23.5 Å². The summed E-state index contributed by atoms with van der Waals surface area (Å²) in [6.07, 6.45) is 5.14. The number of rotatable bonds is 6. The van der Waals surface area contributed by atoms with Crippen molar-refractivity contribution in [3.63, 3.8) is 0 Å². The molecule has 2 aliphatic heterocycles. The van der Waals surface area contributed by atoms with Crippen LogP contribution in [-0.4, -0.2) is 42.5 Å². The summed E-state index contributed by atoms with van der Waals surface area (Å²) in [5.74, 6) is -0.544. The Bertz CT molecular complexity index is 2020. The van der Waals surface area contributed by atoms with Gasteiger partial charge >= 0.3 is 5.97 Å². The molecule has 0 radical (unpaired) electrons. The number of ether oxygens (including phenoxy) is 2. The second kappa shape index (κ2) is 8.02. The van der Waals surface area contributed by atoms with Gasteiger partial charge in [-0.2, -0.15) is 0 Å². The van der Waals surface area contributed by atoms with E-state index in [0.717, 1.165) is 80.1 Å². The Morgan fingerprint density at radius 1 is 1.00 bits per heavy atom. The highest BCUT2D eigenvalue weighted by Gasteiger charge is 2.65. The predicted molar refractivity (Wildman–Crippen MR) is 154 cm³/mol. The molecule has 3 aromatic heterocycles. The van der Waals surface area contributed by atoms with Crippen LogP contribution in [0.2, 0.25) is 0 Å². The summed E-state index contributed by atoms with van der Waals surface area (Å²) in [6, 6.07) is 16.0. The maximum Gasteiger partial charge on any atom is 0.343 e. The van der Waals surface area contributed by atoms with Gasteiger partial charge in [0.25, 0.3) is 0 Å². The number of aromatic amines is 1. The van der Waals surface area contributed by atoms with E-state index in [0.29, 0.717) is 0 Å². The molecule has 3 aromatic carbocycles. The minimum Gasteiger partial charge on any atom is -0.494 e. The molecule has 8 heteroatoms. The number of nitrogens with zero attached hydrogens (tertiary/aromatic N) is 2. The molecule has 0 amide bonds. The predicted octanol–water partition coefficient (Wildman–Crippen LogP) is 6.55. The minimum absolute atomic E-state index is 0.0374. The van der Waals surface area contributed by atoms with Crippen molar-refractivity contribution in [3.05, 3.63) is 54.7 Å². The average molecular weight is 538 g/mol. The third-order valence-corrected chi connectivity index (χ3v) is 9.27. The molecule has 1 unspecified atom stereocenters. The van der Waals surface area contributed by atoms with E-state index in [1.165, 1.54) is 0 Å². The summed E-state index contributed by atoms with van der Waals surface area (Å²) in [6.45, 7) is 4.20. The van der Waals surface area contributed by atoms with Crippen molar-refractivity contribution < 1.29 is 24.5 Å². The largest absolute Gasteiger partial charge is 0.494 e. The number of aromatic hydroxyl groups is 1. The van der Waals surface area contributed by atoms with E-state index in [-0.39, 0.29) is 18.9 Å². The molecule has 8 nitrogen and oxygen atoms in total.